The average molecular weight is 320 g/mol. The topological polar surface area (TPSA) is 94.1 Å². The number of nitriles is 1. The zero-order valence-corrected chi connectivity index (χ0v) is 13.4. The molecule has 24 heavy (non-hydrogen) atoms. The highest BCUT2D eigenvalue weighted by Gasteiger charge is 2.19. The third kappa shape index (κ3) is 2.68. The molecule has 0 bridgehead atoms. The van der Waals surface area contributed by atoms with Gasteiger partial charge in [-0.15, -0.1) is 0 Å². The number of nitrogen functional groups attached to an aromatic ring is 1. The van der Waals surface area contributed by atoms with E-state index >= 15 is 0 Å². The van der Waals surface area contributed by atoms with Crippen molar-refractivity contribution in [3.05, 3.63) is 53.7 Å². The van der Waals surface area contributed by atoms with Crippen LogP contribution >= 0.6 is 0 Å². The summed E-state index contributed by atoms with van der Waals surface area (Å²) in [5.41, 5.74) is 8.62. The van der Waals surface area contributed by atoms with Gasteiger partial charge in [0.1, 0.15) is 0 Å². The van der Waals surface area contributed by atoms with Gasteiger partial charge in [0, 0.05) is 22.7 Å². The number of hydrogen-bond donors (Lipinski definition) is 1. The molecule has 0 radical (unpaired) electrons. The number of fused-ring (bicyclic) bond motifs is 1. The van der Waals surface area contributed by atoms with Gasteiger partial charge < -0.3 is 15.2 Å². The molecule has 2 N–H and O–H groups in total. The maximum Gasteiger partial charge on any atom is 0.162 e. The molecule has 1 aromatic heterocycles. The van der Waals surface area contributed by atoms with Crippen LogP contribution in [0, 0.1) is 11.3 Å². The molecule has 2 aromatic carbocycles. The number of nitrogens with zero attached hydrogens (tertiary/aromatic N) is 3. The summed E-state index contributed by atoms with van der Waals surface area (Å²) in [6.07, 6.45) is 1.61. The van der Waals surface area contributed by atoms with E-state index in [4.69, 9.17) is 15.2 Å². The van der Waals surface area contributed by atoms with Gasteiger partial charge in [-0.2, -0.15) is 15.5 Å². The Morgan fingerprint density at radius 1 is 1.08 bits per heavy atom. The van der Waals surface area contributed by atoms with E-state index in [9.17, 15) is 5.26 Å². The zero-order chi connectivity index (χ0) is 17.1. The molecule has 6 heteroatoms. The number of hydrogen-bond acceptors (Lipinski definition) is 6. The van der Waals surface area contributed by atoms with Crippen molar-refractivity contribution in [1.29, 1.82) is 5.26 Å². The second kappa shape index (κ2) is 6.42. The van der Waals surface area contributed by atoms with E-state index in [0.29, 0.717) is 22.7 Å². The van der Waals surface area contributed by atoms with Crippen molar-refractivity contribution in [2.75, 3.05) is 20.0 Å². The van der Waals surface area contributed by atoms with E-state index in [-0.39, 0.29) is 0 Å². The minimum Gasteiger partial charge on any atom is -0.493 e. The molecule has 0 spiro atoms. The summed E-state index contributed by atoms with van der Waals surface area (Å²) in [5.74, 6) is 0.660. The van der Waals surface area contributed by atoms with Crippen LogP contribution in [0.3, 0.4) is 0 Å². The second-order valence-corrected chi connectivity index (χ2v) is 5.25. The summed E-state index contributed by atoms with van der Waals surface area (Å²) >= 11 is 0. The van der Waals surface area contributed by atoms with Crippen molar-refractivity contribution in [3.8, 4) is 17.6 Å². The summed E-state index contributed by atoms with van der Waals surface area (Å²) in [7, 11) is 3.13. The van der Waals surface area contributed by atoms with Gasteiger partial charge in [0.15, 0.2) is 11.5 Å². The van der Waals surface area contributed by atoms with Crippen molar-refractivity contribution in [2.24, 2.45) is 0 Å². The molecule has 0 amide bonds. The van der Waals surface area contributed by atoms with Crippen molar-refractivity contribution < 1.29 is 9.47 Å². The lowest BCUT2D eigenvalue weighted by Gasteiger charge is -2.14. The first-order valence-corrected chi connectivity index (χ1v) is 7.30. The molecule has 0 aliphatic carbocycles. The van der Waals surface area contributed by atoms with E-state index in [1.165, 1.54) is 0 Å². The summed E-state index contributed by atoms with van der Waals surface area (Å²) in [4.78, 5) is 0. The van der Waals surface area contributed by atoms with Gasteiger partial charge >= 0.3 is 0 Å². The third-order valence-electron chi connectivity index (χ3n) is 3.89. The summed E-state index contributed by atoms with van der Waals surface area (Å²) in [6, 6.07) is 13.1. The highest BCUT2D eigenvalue weighted by Crippen LogP contribution is 2.36. The number of benzene rings is 2. The van der Waals surface area contributed by atoms with Crippen LogP contribution in [-0.2, 0) is 0 Å². The number of aromatic nitrogens is 2. The van der Waals surface area contributed by atoms with E-state index in [2.05, 4.69) is 16.3 Å². The first kappa shape index (κ1) is 15.6. The average Bonchev–Trinajstić information content (AvgIpc) is 2.62. The first-order valence-electron chi connectivity index (χ1n) is 7.30. The number of methoxy groups -OCH3 is 2. The molecule has 1 heterocycles. The van der Waals surface area contributed by atoms with Crippen LogP contribution in [0.2, 0.25) is 0 Å². The van der Waals surface area contributed by atoms with Crippen molar-refractivity contribution in [2.45, 2.75) is 5.92 Å². The maximum absolute atomic E-state index is 9.70. The van der Waals surface area contributed by atoms with E-state index in [1.807, 2.05) is 18.2 Å². The maximum atomic E-state index is 9.70. The number of nitrogens with two attached hydrogens (primary N) is 1. The molecule has 0 aliphatic heterocycles. The number of anilines is 1. The van der Waals surface area contributed by atoms with Crippen LogP contribution in [0.25, 0.3) is 10.9 Å². The lowest BCUT2D eigenvalue weighted by molar-refractivity contribution is 0.355. The van der Waals surface area contributed by atoms with Crippen LogP contribution in [0.5, 0.6) is 11.5 Å². The predicted octanol–water partition coefficient (Wildman–Crippen LogP) is 2.88. The Bertz CT molecular complexity index is 917. The lowest BCUT2D eigenvalue weighted by atomic mass is 9.91. The summed E-state index contributed by atoms with van der Waals surface area (Å²) in [6.45, 7) is 0. The van der Waals surface area contributed by atoms with Gasteiger partial charge in [-0.05, 0) is 23.8 Å². The Labute approximate surface area is 139 Å². The quantitative estimate of drug-likeness (QED) is 0.743. The van der Waals surface area contributed by atoms with Gasteiger partial charge in [-0.25, -0.2) is 0 Å². The fourth-order valence-corrected chi connectivity index (χ4v) is 2.65. The van der Waals surface area contributed by atoms with Crippen LogP contribution in [-0.4, -0.2) is 24.4 Å². The Balaban J connectivity index is 2.21. The Kier molecular flexibility index (Phi) is 4.17. The fourth-order valence-electron chi connectivity index (χ4n) is 2.65. The van der Waals surface area contributed by atoms with E-state index in [0.717, 1.165) is 16.5 Å². The van der Waals surface area contributed by atoms with Crippen LogP contribution in [0.1, 0.15) is 17.0 Å². The second-order valence-electron chi connectivity index (χ2n) is 5.25. The highest BCUT2D eigenvalue weighted by atomic mass is 16.5. The van der Waals surface area contributed by atoms with Crippen LogP contribution in [0.15, 0.2) is 42.6 Å². The molecule has 3 rings (SSSR count). The first-order chi connectivity index (χ1) is 11.7. The molecular weight excluding hydrogens is 304 g/mol. The van der Waals surface area contributed by atoms with Gasteiger partial charge in [0.2, 0.25) is 0 Å². The molecule has 6 nitrogen and oxygen atoms in total. The number of ether oxygens (including phenoxy) is 2. The Hall–Kier alpha value is -3.33. The molecule has 3 aromatic rings. The third-order valence-corrected chi connectivity index (χ3v) is 3.89. The smallest absolute Gasteiger partial charge is 0.162 e. The van der Waals surface area contributed by atoms with Gasteiger partial charge in [0.25, 0.3) is 0 Å². The molecule has 1 atom stereocenters. The van der Waals surface area contributed by atoms with Crippen LogP contribution in [0.4, 0.5) is 5.69 Å². The standard InChI is InChI=1S/C18H16N4O2/c1-23-17-7-13-15(10-21-22-16(13)8-18(17)24-2)14(9-19)11-3-5-12(20)6-4-11/h3-8,10,14H,20H2,1-2H3. The summed E-state index contributed by atoms with van der Waals surface area (Å²) < 4.78 is 10.7. The SMILES string of the molecule is COc1cc2nncc(C(C#N)c3ccc(N)cc3)c2cc1OC. The monoisotopic (exact) mass is 320 g/mol. The highest BCUT2D eigenvalue weighted by molar-refractivity contribution is 5.86. The fraction of sp³-hybridized carbons (Fsp3) is 0.167. The van der Waals surface area contributed by atoms with Gasteiger partial charge in [0.05, 0.1) is 37.9 Å². The minimum atomic E-state index is -0.485. The molecule has 0 saturated heterocycles. The van der Waals surface area contributed by atoms with Gasteiger partial charge in [-0.3, -0.25) is 0 Å². The normalized spacial score (nSPS) is 11.7. The molecule has 0 fully saturated rings. The van der Waals surface area contributed by atoms with Gasteiger partial charge in [-0.1, -0.05) is 12.1 Å². The largest absolute Gasteiger partial charge is 0.493 e. The van der Waals surface area contributed by atoms with E-state index < -0.39 is 5.92 Å². The Morgan fingerprint density at radius 2 is 1.75 bits per heavy atom. The zero-order valence-electron chi connectivity index (χ0n) is 13.4. The summed E-state index contributed by atoms with van der Waals surface area (Å²) in [5, 5.41) is 18.7. The Morgan fingerprint density at radius 3 is 2.38 bits per heavy atom. The van der Waals surface area contributed by atoms with Crippen LogP contribution < -0.4 is 15.2 Å². The van der Waals surface area contributed by atoms with E-state index in [1.54, 1.807) is 38.6 Å². The van der Waals surface area contributed by atoms with Crippen molar-refractivity contribution in [3.63, 3.8) is 0 Å². The molecule has 0 saturated carbocycles. The lowest BCUT2D eigenvalue weighted by Crippen LogP contribution is -2.02. The predicted molar refractivity (Wildman–Crippen MR) is 91.0 cm³/mol. The minimum absolute atomic E-state index is 0.485. The molecule has 0 aliphatic rings. The van der Waals surface area contributed by atoms with Crippen molar-refractivity contribution in [1.82, 2.24) is 10.2 Å². The van der Waals surface area contributed by atoms with Crippen molar-refractivity contribution >= 4 is 16.6 Å². The molecule has 120 valence electrons. The molecule has 1 unspecified atom stereocenters. The molecular formula is C18H16N4O2. The number of rotatable bonds is 4.